The van der Waals surface area contributed by atoms with Crippen LogP contribution >= 0.6 is 0 Å². The molecule has 0 radical (unpaired) electrons. The topological polar surface area (TPSA) is 446 Å². The molecule has 8 N–H and O–H groups in total. The van der Waals surface area contributed by atoms with E-state index in [9.17, 15) is 67.1 Å². The predicted molar refractivity (Wildman–Crippen MR) is 419 cm³/mol. The number of ether oxygens (including phenoxy) is 12. The average molecular weight is 1640 g/mol. The van der Waals surface area contributed by atoms with Gasteiger partial charge in [-0.25, -0.2) is 0 Å². The van der Waals surface area contributed by atoms with Gasteiger partial charge >= 0.3 is 17.9 Å². The van der Waals surface area contributed by atoms with E-state index in [1.165, 1.54) is 48.5 Å². The van der Waals surface area contributed by atoms with E-state index >= 15 is 0 Å². The Balaban J connectivity index is 1.52. The Hall–Kier alpha value is -7.18. The van der Waals surface area contributed by atoms with Gasteiger partial charge in [0.1, 0.15) is 42.7 Å². The molecule has 115 heavy (non-hydrogen) atoms. The van der Waals surface area contributed by atoms with Crippen molar-refractivity contribution in [3.05, 3.63) is 0 Å². The summed E-state index contributed by atoms with van der Waals surface area (Å²) in [6, 6.07) is -1.26. The van der Waals surface area contributed by atoms with Crippen LogP contribution in [0.4, 0.5) is 0 Å². The zero-order valence-corrected chi connectivity index (χ0v) is 70.6. The fraction of sp³-hybridized carbons (Fsp3) is 0.827. The Labute approximate surface area is 679 Å². The van der Waals surface area contributed by atoms with Crippen LogP contribution in [0.3, 0.4) is 0 Å². The number of carbonyl (C=O) groups excluding carboxylic acids is 14. The molecule has 3 aliphatic heterocycles. The lowest BCUT2D eigenvalue weighted by Crippen LogP contribution is -2.58. The lowest BCUT2D eigenvalue weighted by molar-refractivity contribution is -0.244. The summed E-state index contributed by atoms with van der Waals surface area (Å²) in [5, 5.41) is 23.1. The van der Waals surface area contributed by atoms with Gasteiger partial charge in [0.2, 0.25) is 47.3 Å². The fourth-order valence-corrected chi connectivity index (χ4v) is 13.5. The van der Waals surface area contributed by atoms with Gasteiger partial charge in [-0.15, -0.1) is 0 Å². The maximum atomic E-state index is 13.6. The monoisotopic (exact) mass is 1640 g/mol. The van der Waals surface area contributed by atoms with Gasteiger partial charge in [-0.05, 0) is 119 Å². The molecule has 0 aromatic carbocycles. The van der Waals surface area contributed by atoms with Crippen LogP contribution in [0.15, 0.2) is 0 Å². The van der Waals surface area contributed by atoms with Crippen LogP contribution in [-0.2, 0) is 124 Å². The van der Waals surface area contributed by atoms with E-state index in [0.29, 0.717) is 116 Å². The van der Waals surface area contributed by atoms with Crippen molar-refractivity contribution in [1.82, 2.24) is 42.5 Å². The van der Waals surface area contributed by atoms with Gasteiger partial charge in [0.05, 0.1) is 76.1 Å². The Bertz CT molecular complexity index is 2720. The number of carbonyl (C=O) groups is 14. The average Bonchev–Trinajstić information content (AvgIpc) is 0.816. The molecule has 15 unspecified atom stereocenters. The summed E-state index contributed by atoms with van der Waals surface area (Å²) in [4.78, 5) is 174. The summed E-state index contributed by atoms with van der Waals surface area (Å²) in [6.07, 6.45) is 3.96. The summed E-state index contributed by atoms with van der Waals surface area (Å²) in [6.45, 7) is 22.7. The summed E-state index contributed by atoms with van der Waals surface area (Å²) in [5.41, 5.74) is -1.42. The molecule has 0 spiro atoms. The Kier molecular flexibility index (Phi) is 51.3. The summed E-state index contributed by atoms with van der Waals surface area (Å²) in [7, 11) is 0. The molecule has 0 saturated carbocycles. The molecule has 3 saturated heterocycles. The van der Waals surface area contributed by atoms with Crippen LogP contribution in [0, 0.1) is 35.5 Å². The highest BCUT2D eigenvalue weighted by Crippen LogP contribution is 2.35. The van der Waals surface area contributed by atoms with Crippen molar-refractivity contribution in [2.75, 3.05) is 105 Å². The van der Waals surface area contributed by atoms with Crippen LogP contribution < -0.4 is 42.5 Å². The van der Waals surface area contributed by atoms with Gasteiger partial charge in [0.15, 0.2) is 18.9 Å². The molecular weight excluding hydrogens is 1500 g/mol. The van der Waals surface area contributed by atoms with E-state index in [-0.39, 0.29) is 225 Å². The van der Waals surface area contributed by atoms with Gasteiger partial charge in [-0.1, -0.05) is 41.5 Å². The molecule has 34 heteroatoms. The second kappa shape index (κ2) is 57.8. The first kappa shape index (κ1) is 102. The molecule has 3 rings (SSSR count). The van der Waals surface area contributed by atoms with Gasteiger partial charge in [-0.2, -0.15) is 0 Å². The smallest absolute Gasteiger partial charge is 0.302 e. The number of nitrogens with one attached hydrogen (secondary N) is 8. The maximum absolute atomic E-state index is 13.6. The molecule has 0 bridgehead atoms. The van der Waals surface area contributed by atoms with Gasteiger partial charge in [-0.3, -0.25) is 62.3 Å². The summed E-state index contributed by atoms with van der Waals surface area (Å²) >= 11 is 0. The quantitative estimate of drug-likeness (QED) is 0.0228. The molecule has 0 aromatic heterocycles. The van der Waals surface area contributed by atoms with Crippen LogP contribution in [0.2, 0.25) is 0 Å². The van der Waals surface area contributed by atoms with Crippen molar-refractivity contribution in [1.29, 1.82) is 0 Å². The van der Waals surface area contributed by atoms with Gasteiger partial charge in [0.25, 0.3) is 0 Å². The third kappa shape index (κ3) is 44.3. The largest absolute Gasteiger partial charge is 0.463 e. The maximum Gasteiger partial charge on any atom is 0.302 e. The standard InChI is InChI=1S/C81H138N8O26/c1-52(90)26-24-32-74(103)89-81(49-104-43-33-71(100)82-36-19-14-27-65(97)29-16-21-40-107-78-75(86-59(8)91)56(5)53(2)67(113-78)46-110-62(11)94,50-105-44-34-72(101)83-37-20-15-28-66(98)30-17-22-41-108-79-76(87-60(9)92)57(6)54(3)68(114-79)47-111-63(12)95)51-106-45-35-73(102)85-39-25-38-84-70(99)31-18-23-42-109-80-77(88-61(10)93)58(7)55(4)69(115-80)48-112-64(13)96/h53-58,67-69,75-80H,14-51H2,1-13H3,(H,82,100)(H,83,101)(H,84,99)(H,85,102)(H,86,91)(H,87,92)(H,88,93)(H,89,103). The number of hydrogen-bond donors (Lipinski definition) is 8. The van der Waals surface area contributed by atoms with Gasteiger partial charge < -0.3 is 104 Å². The van der Waals surface area contributed by atoms with E-state index in [1.807, 2.05) is 41.5 Å². The van der Waals surface area contributed by atoms with Crippen molar-refractivity contribution >= 4 is 82.5 Å². The van der Waals surface area contributed by atoms with Crippen LogP contribution in [0.5, 0.6) is 0 Å². The summed E-state index contributed by atoms with van der Waals surface area (Å²) < 4.78 is 70.5. The third-order valence-corrected chi connectivity index (χ3v) is 20.9. The lowest BCUT2D eigenvalue weighted by Gasteiger charge is -2.44. The van der Waals surface area contributed by atoms with Crippen molar-refractivity contribution < 1.29 is 124 Å². The van der Waals surface area contributed by atoms with Crippen molar-refractivity contribution in [2.24, 2.45) is 35.5 Å². The molecule has 658 valence electrons. The highest BCUT2D eigenvalue weighted by molar-refractivity contribution is 5.81. The lowest BCUT2D eigenvalue weighted by atomic mass is 9.82. The van der Waals surface area contributed by atoms with Crippen LogP contribution in [-0.4, -0.2) is 249 Å². The first-order valence-corrected chi connectivity index (χ1v) is 41.4. The molecule has 0 aromatic rings. The Morgan fingerprint density at radius 2 is 0.591 bits per heavy atom. The van der Waals surface area contributed by atoms with Gasteiger partial charge in [0, 0.05) is 152 Å². The van der Waals surface area contributed by atoms with Crippen LogP contribution in [0.1, 0.15) is 231 Å². The first-order valence-electron chi connectivity index (χ1n) is 41.4. The second-order valence-corrected chi connectivity index (χ2v) is 30.9. The molecule has 15 atom stereocenters. The fourth-order valence-electron chi connectivity index (χ4n) is 13.5. The number of amides is 8. The molecule has 0 aliphatic carbocycles. The number of ketones is 3. The Morgan fingerprint density at radius 3 is 0.896 bits per heavy atom. The van der Waals surface area contributed by atoms with Crippen molar-refractivity contribution in [3.8, 4) is 0 Å². The highest BCUT2D eigenvalue weighted by Gasteiger charge is 2.46. The molecule has 34 nitrogen and oxygen atoms in total. The molecule has 3 aliphatic rings. The van der Waals surface area contributed by atoms with E-state index in [1.54, 1.807) is 0 Å². The van der Waals surface area contributed by atoms with Crippen LogP contribution in [0.25, 0.3) is 0 Å². The van der Waals surface area contributed by atoms with E-state index < -0.39 is 84.7 Å². The number of hydrogen-bond acceptors (Lipinski definition) is 26. The minimum absolute atomic E-state index is 0.0337. The molecule has 3 heterocycles. The van der Waals surface area contributed by atoms with Crippen molar-refractivity contribution in [2.45, 2.75) is 292 Å². The predicted octanol–water partition coefficient (Wildman–Crippen LogP) is 4.91. The zero-order valence-electron chi connectivity index (χ0n) is 70.6. The SMILES string of the molecule is CC(=O)CCCC(=O)NC(COCCC(=O)NCCCCC(=O)CCCCOC1OC(COC(C)=O)C(C)C(C)C1NC(C)=O)(COCCC(=O)NCCCCC(=O)CCCCOC1OC(COC(C)=O)C(C)C(C)C1NC(C)=O)COCCC(=O)NCCCNC(=O)CCCCOC1OC(COC(C)=O)C(C)C(C)C1NC(C)=O. The third-order valence-electron chi connectivity index (χ3n) is 20.9. The number of esters is 3. The normalized spacial score (nSPS) is 23.7. The zero-order chi connectivity index (χ0) is 85.3. The number of unbranched alkanes of at least 4 members (excludes halogenated alkanes) is 5. The molecule has 8 amide bonds. The molecule has 3 fully saturated rings. The van der Waals surface area contributed by atoms with Crippen molar-refractivity contribution in [3.63, 3.8) is 0 Å². The van der Waals surface area contributed by atoms with E-state index in [2.05, 4.69) is 42.5 Å². The van der Waals surface area contributed by atoms with E-state index in [0.717, 1.165) is 0 Å². The minimum atomic E-state index is -1.42. The Morgan fingerprint density at radius 1 is 0.304 bits per heavy atom. The second-order valence-electron chi connectivity index (χ2n) is 30.9. The number of Topliss-reactive ketones (excluding diaryl/α,β-unsaturated/α-hetero) is 3. The van der Waals surface area contributed by atoms with E-state index in [4.69, 9.17) is 56.8 Å². The first-order chi connectivity index (χ1) is 54.7. The highest BCUT2D eigenvalue weighted by atomic mass is 16.7. The summed E-state index contributed by atoms with van der Waals surface area (Å²) in [5.74, 6) is -3.79. The minimum Gasteiger partial charge on any atom is -0.463 e. The molecular formula is C81H138N8O26. The number of rotatable bonds is 61.